The Bertz CT molecular complexity index is 279. The zero-order valence-corrected chi connectivity index (χ0v) is 11.4. The first-order valence-corrected chi connectivity index (χ1v) is 7.21. The van der Waals surface area contributed by atoms with Gasteiger partial charge in [-0.25, -0.2) is 0 Å². The van der Waals surface area contributed by atoms with E-state index in [0.29, 0.717) is 5.25 Å². The molecule has 0 heterocycles. The van der Waals surface area contributed by atoms with Crippen LogP contribution in [0.15, 0.2) is 24.3 Å². The van der Waals surface area contributed by atoms with E-state index in [0.717, 1.165) is 12.3 Å². The molecular formula is C14H23NS. The van der Waals surface area contributed by atoms with E-state index in [1.165, 1.54) is 24.1 Å². The molecule has 0 fully saturated rings. The summed E-state index contributed by atoms with van der Waals surface area (Å²) in [6.07, 6.45) is 2.49. The lowest BCUT2D eigenvalue weighted by molar-refractivity contribution is 0.834. The molecule has 0 aromatic heterocycles. The number of hydrogen-bond acceptors (Lipinski definition) is 2. The van der Waals surface area contributed by atoms with Gasteiger partial charge in [0.25, 0.3) is 0 Å². The quantitative estimate of drug-likeness (QED) is 0.699. The molecule has 0 bridgehead atoms. The van der Waals surface area contributed by atoms with E-state index in [2.05, 4.69) is 50.4 Å². The summed E-state index contributed by atoms with van der Waals surface area (Å²) >= 11 is 1.99. The van der Waals surface area contributed by atoms with Crippen molar-refractivity contribution in [3.05, 3.63) is 29.8 Å². The Morgan fingerprint density at radius 2 is 1.88 bits per heavy atom. The third-order valence-corrected chi connectivity index (χ3v) is 3.56. The highest BCUT2D eigenvalue weighted by molar-refractivity contribution is 7.99. The van der Waals surface area contributed by atoms with Gasteiger partial charge in [0.1, 0.15) is 0 Å². The molecule has 0 aliphatic rings. The second kappa shape index (κ2) is 7.61. The standard InChI is InChI=1S/C14H23NS/c1-4-5-10-15-14-8-6-13(7-9-14)11-16-12(2)3/h6-9,12,15H,4-5,10-11H2,1-3H3. The lowest BCUT2D eigenvalue weighted by atomic mass is 10.2. The summed E-state index contributed by atoms with van der Waals surface area (Å²) in [5, 5.41) is 4.14. The monoisotopic (exact) mass is 237 g/mol. The predicted octanol–water partition coefficient (Wildman–Crippen LogP) is 4.54. The van der Waals surface area contributed by atoms with Crippen molar-refractivity contribution in [2.24, 2.45) is 0 Å². The van der Waals surface area contributed by atoms with Crippen molar-refractivity contribution in [3.8, 4) is 0 Å². The Labute approximate surface area is 104 Å². The van der Waals surface area contributed by atoms with E-state index >= 15 is 0 Å². The number of unbranched alkanes of at least 4 members (excludes halogenated alkanes) is 1. The van der Waals surface area contributed by atoms with Gasteiger partial charge in [0.05, 0.1) is 0 Å². The highest BCUT2D eigenvalue weighted by Gasteiger charge is 1.97. The number of rotatable bonds is 7. The number of hydrogen-bond donors (Lipinski definition) is 1. The van der Waals surface area contributed by atoms with E-state index in [1.54, 1.807) is 0 Å². The molecule has 0 atom stereocenters. The normalized spacial score (nSPS) is 10.8. The Morgan fingerprint density at radius 3 is 2.44 bits per heavy atom. The van der Waals surface area contributed by atoms with E-state index in [4.69, 9.17) is 0 Å². The molecule has 1 aromatic rings. The van der Waals surface area contributed by atoms with Gasteiger partial charge in [0.15, 0.2) is 0 Å². The first kappa shape index (κ1) is 13.4. The van der Waals surface area contributed by atoms with Gasteiger partial charge in [-0.05, 0) is 29.4 Å². The molecule has 1 N–H and O–H groups in total. The van der Waals surface area contributed by atoms with Gasteiger partial charge in [-0.3, -0.25) is 0 Å². The molecule has 1 nitrogen and oxygen atoms in total. The van der Waals surface area contributed by atoms with Crippen LogP contribution in [-0.2, 0) is 5.75 Å². The maximum atomic E-state index is 3.43. The van der Waals surface area contributed by atoms with Gasteiger partial charge in [-0.15, -0.1) is 0 Å². The fraction of sp³-hybridized carbons (Fsp3) is 0.571. The Balaban J connectivity index is 2.35. The lowest BCUT2D eigenvalue weighted by Crippen LogP contribution is -2.00. The van der Waals surface area contributed by atoms with Crippen molar-refractivity contribution in [2.45, 2.75) is 44.6 Å². The van der Waals surface area contributed by atoms with Crippen molar-refractivity contribution in [1.82, 2.24) is 0 Å². The highest BCUT2D eigenvalue weighted by Crippen LogP contribution is 2.18. The van der Waals surface area contributed by atoms with Crippen molar-refractivity contribution in [2.75, 3.05) is 11.9 Å². The highest BCUT2D eigenvalue weighted by atomic mass is 32.2. The SMILES string of the molecule is CCCCNc1ccc(CSC(C)C)cc1. The van der Waals surface area contributed by atoms with Crippen LogP contribution in [-0.4, -0.2) is 11.8 Å². The van der Waals surface area contributed by atoms with Gasteiger partial charge in [0.2, 0.25) is 0 Å². The molecule has 1 aromatic carbocycles. The smallest absolute Gasteiger partial charge is 0.0340 e. The van der Waals surface area contributed by atoms with Crippen LogP contribution < -0.4 is 5.32 Å². The van der Waals surface area contributed by atoms with Gasteiger partial charge >= 0.3 is 0 Å². The van der Waals surface area contributed by atoms with E-state index in [9.17, 15) is 0 Å². The largest absolute Gasteiger partial charge is 0.385 e. The molecule has 0 unspecified atom stereocenters. The summed E-state index contributed by atoms with van der Waals surface area (Å²) in [5.41, 5.74) is 2.66. The number of nitrogens with one attached hydrogen (secondary N) is 1. The summed E-state index contributed by atoms with van der Waals surface area (Å²) < 4.78 is 0. The average Bonchev–Trinajstić information content (AvgIpc) is 2.28. The molecule has 1 rings (SSSR count). The van der Waals surface area contributed by atoms with Crippen molar-refractivity contribution in [3.63, 3.8) is 0 Å². The fourth-order valence-electron chi connectivity index (χ4n) is 1.39. The fourth-order valence-corrected chi connectivity index (χ4v) is 2.11. The minimum Gasteiger partial charge on any atom is -0.385 e. The number of thioether (sulfide) groups is 1. The molecule has 16 heavy (non-hydrogen) atoms. The van der Waals surface area contributed by atoms with Crippen molar-refractivity contribution < 1.29 is 0 Å². The molecular weight excluding hydrogens is 214 g/mol. The van der Waals surface area contributed by atoms with Gasteiger partial charge < -0.3 is 5.32 Å². The average molecular weight is 237 g/mol. The molecule has 2 heteroatoms. The topological polar surface area (TPSA) is 12.0 Å². The third kappa shape index (κ3) is 5.45. The second-order valence-electron chi connectivity index (χ2n) is 4.34. The minimum atomic E-state index is 0.711. The maximum absolute atomic E-state index is 3.43. The molecule has 0 spiro atoms. The van der Waals surface area contributed by atoms with Crippen molar-refractivity contribution >= 4 is 17.4 Å². The predicted molar refractivity (Wildman–Crippen MR) is 76.3 cm³/mol. The Hall–Kier alpha value is -0.630. The first-order chi connectivity index (χ1) is 7.72. The van der Waals surface area contributed by atoms with Crippen LogP contribution in [0.1, 0.15) is 39.2 Å². The molecule has 0 saturated carbocycles. The van der Waals surface area contributed by atoms with Crippen LogP contribution in [0.4, 0.5) is 5.69 Å². The van der Waals surface area contributed by atoms with E-state index in [-0.39, 0.29) is 0 Å². The van der Waals surface area contributed by atoms with Crippen LogP contribution in [0.5, 0.6) is 0 Å². The van der Waals surface area contributed by atoms with E-state index < -0.39 is 0 Å². The van der Waals surface area contributed by atoms with Crippen LogP contribution >= 0.6 is 11.8 Å². The van der Waals surface area contributed by atoms with E-state index in [1.807, 2.05) is 11.8 Å². The Kier molecular flexibility index (Phi) is 6.39. The summed E-state index contributed by atoms with van der Waals surface area (Å²) in [5.74, 6) is 1.12. The summed E-state index contributed by atoms with van der Waals surface area (Å²) in [6.45, 7) is 7.78. The maximum Gasteiger partial charge on any atom is 0.0340 e. The summed E-state index contributed by atoms with van der Waals surface area (Å²) in [7, 11) is 0. The second-order valence-corrected chi connectivity index (χ2v) is 5.90. The molecule has 0 aliphatic carbocycles. The lowest BCUT2D eigenvalue weighted by Gasteiger charge is -2.08. The number of benzene rings is 1. The van der Waals surface area contributed by atoms with Crippen LogP contribution in [0.2, 0.25) is 0 Å². The molecule has 90 valence electrons. The van der Waals surface area contributed by atoms with Gasteiger partial charge in [0, 0.05) is 18.0 Å². The van der Waals surface area contributed by atoms with Gasteiger partial charge in [-0.1, -0.05) is 39.3 Å². The molecule has 0 aliphatic heterocycles. The molecule has 0 amide bonds. The number of anilines is 1. The Morgan fingerprint density at radius 1 is 1.19 bits per heavy atom. The van der Waals surface area contributed by atoms with Crippen LogP contribution in [0.3, 0.4) is 0 Å². The molecule has 0 radical (unpaired) electrons. The van der Waals surface area contributed by atoms with Crippen LogP contribution in [0.25, 0.3) is 0 Å². The van der Waals surface area contributed by atoms with Crippen molar-refractivity contribution in [1.29, 1.82) is 0 Å². The third-order valence-electron chi connectivity index (χ3n) is 2.40. The zero-order chi connectivity index (χ0) is 11.8. The van der Waals surface area contributed by atoms with Gasteiger partial charge in [-0.2, -0.15) is 11.8 Å². The summed E-state index contributed by atoms with van der Waals surface area (Å²) in [6, 6.07) is 8.82. The molecule has 0 saturated heterocycles. The van der Waals surface area contributed by atoms with Crippen LogP contribution in [0, 0.1) is 0 Å². The minimum absolute atomic E-state index is 0.711. The first-order valence-electron chi connectivity index (χ1n) is 6.16. The summed E-state index contributed by atoms with van der Waals surface area (Å²) in [4.78, 5) is 0. The zero-order valence-electron chi connectivity index (χ0n) is 10.6.